The summed E-state index contributed by atoms with van der Waals surface area (Å²) in [5, 5.41) is 8.56. The fourth-order valence-electron chi connectivity index (χ4n) is 3.03. The number of benzene rings is 1. The van der Waals surface area contributed by atoms with Crippen LogP contribution >= 0.6 is 11.3 Å². The van der Waals surface area contributed by atoms with Crippen LogP contribution in [0.4, 0.5) is 5.69 Å². The Morgan fingerprint density at radius 2 is 2.00 bits per heavy atom. The van der Waals surface area contributed by atoms with Gasteiger partial charge in [-0.25, -0.2) is 0 Å². The third kappa shape index (κ3) is 3.94. The minimum Gasteiger partial charge on any atom is -0.361 e. The number of anilines is 1. The molecule has 3 N–H and O–H groups in total. The number of amides is 2. The molecule has 7 heteroatoms. The molecule has 28 heavy (non-hydrogen) atoms. The van der Waals surface area contributed by atoms with Gasteiger partial charge in [-0.15, -0.1) is 11.3 Å². The van der Waals surface area contributed by atoms with Crippen LogP contribution in [0.15, 0.2) is 72.5 Å². The molecule has 0 aliphatic carbocycles. The Labute approximate surface area is 165 Å². The van der Waals surface area contributed by atoms with Gasteiger partial charge in [0, 0.05) is 29.7 Å². The fourth-order valence-corrected chi connectivity index (χ4v) is 3.66. The molecule has 0 saturated carbocycles. The number of carbonyl (C=O) groups excluding carboxylic acids is 2. The molecule has 0 aliphatic heterocycles. The minimum atomic E-state index is -0.728. The first-order chi connectivity index (χ1) is 13.7. The van der Waals surface area contributed by atoms with Gasteiger partial charge in [-0.2, -0.15) is 0 Å². The molecular weight excluding hydrogens is 372 g/mol. The highest BCUT2D eigenvalue weighted by Gasteiger charge is 2.23. The molecule has 3 heterocycles. The van der Waals surface area contributed by atoms with Gasteiger partial charge in [-0.1, -0.05) is 24.3 Å². The van der Waals surface area contributed by atoms with Gasteiger partial charge >= 0.3 is 0 Å². The van der Waals surface area contributed by atoms with E-state index in [9.17, 15) is 9.59 Å². The van der Waals surface area contributed by atoms with E-state index < -0.39 is 6.04 Å². The number of nitrogens with one attached hydrogen (secondary N) is 3. The maximum absolute atomic E-state index is 12.9. The average molecular weight is 390 g/mol. The Morgan fingerprint density at radius 1 is 1.11 bits per heavy atom. The summed E-state index contributed by atoms with van der Waals surface area (Å²) in [5.41, 5.74) is 2.55. The maximum atomic E-state index is 12.9. The number of aromatic amines is 1. The molecule has 0 fully saturated rings. The monoisotopic (exact) mass is 390 g/mol. The van der Waals surface area contributed by atoms with E-state index >= 15 is 0 Å². The molecular formula is C21H18N4O2S. The van der Waals surface area contributed by atoms with Crippen molar-refractivity contribution < 1.29 is 9.59 Å². The molecule has 4 aromatic rings. The Morgan fingerprint density at radius 3 is 2.79 bits per heavy atom. The summed E-state index contributed by atoms with van der Waals surface area (Å²) in [6, 6.07) is 14.2. The van der Waals surface area contributed by atoms with E-state index in [4.69, 9.17) is 0 Å². The van der Waals surface area contributed by atoms with E-state index in [2.05, 4.69) is 20.6 Å². The number of pyridine rings is 1. The number of fused-ring (bicyclic) bond motifs is 1. The van der Waals surface area contributed by atoms with Crippen molar-refractivity contribution in [3.05, 3.63) is 82.9 Å². The van der Waals surface area contributed by atoms with E-state index in [1.165, 1.54) is 11.3 Å². The Kier molecular flexibility index (Phi) is 5.16. The molecule has 0 radical (unpaired) electrons. The molecule has 6 nitrogen and oxygen atoms in total. The van der Waals surface area contributed by atoms with Crippen molar-refractivity contribution >= 4 is 39.7 Å². The molecule has 0 spiro atoms. The largest absolute Gasteiger partial charge is 0.361 e. The Bertz CT molecular complexity index is 1090. The standard InChI is InChI=1S/C21H18N4O2S/c26-20(24-15-5-3-9-22-13-15)18(25-21(27)19-8-4-10-28-19)11-14-12-23-17-7-2-1-6-16(14)17/h1-10,12-13,18,23H,11H2,(H,24,26)(H,25,27)/t18-/m1/s1. The van der Waals surface area contributed by atoms with Crippen LogP contribution in [0, 0.1) is 0 Å². The third-order valence-electron chi connectivity index (χ3n) is 4.39. The van der Waals surface area contributed by atoms with Crippen molar-refractivity contribution in [1.82, 2.24) is 15.3 Å². The van der Waals surface area contributed by atoms with Crippen molar-refractivity contribution in [3.8, 4) is 0 Å². The average Bonchev–Trinajstić information content (AvgIpc) is 3.39. The highest BCUT2D eigenvalue weighted by atomic mass is 32.1. The van der Waals surface area contributed by atoms with E-state index in [1.54, 1.807) is 30.6 Å². The Hall–Kier alpha value is -3.45. The van der Waals surface area contributed by atoms with Crippen LogP contribution in [0.1, 0.15) is 15.2 Å². The number of thiophene rings is 1. The van der Waals surface area contributed by atoms with E-state index in [0.29, 0.717) is 17.0 Å². The summed E-state index contributed by atoms with van der Waals surface area (Å²) >= 11 is 1.34. The van der Waals surface area contributed by atoms with Crippen molar-refractivity contribution in [2.75, 3.05) is 5.32 Å². The number of para-hydroxylation sites is 1. The number of hydrogen-bond donors (Lipinski definition) is 3. The van der Waals surface area contributed by atoms with Crippen LogP contribution in [-0.4, -0.2) is 27.8 Å². The molecule has 0 aliphatic rings. The van der Waals surface area contributed by atoms with Crippen LogP contribution in [0.5, 0.6) is 0 Å². The second-order valence-electron chi connectivity index (χ2n) is 6.30. The van der Waals surface area contributed by atoms with Crippen LogP contribution in [-0.2, 0) is 11.2 Å². The van der Waals surface area contributed by atoms with Crippen LogP contribution < -0.4 is 10.6 Å². The smallest absolute Gasteiger partial charge is 0.262 e. The molecule has 1 atom stereocenters. The molecule has 140 valence electrons. The van der Waals surface area contributed by atoms with Crippen molar-refractivity contribution in [2.24, 2.45) is 0 Å². The van der Waals surface area contributed by atoms with Gasteiger partial charge in [-0.05, 0) is 35.2 Å². The van der Waals surface area contributed by atoms with Crippen LogP contribution in [0.2, 0.25) is 0 Å². The second kappa shape index (κ2) is 8.06. The first-order valence-electron chi connectivity index (χ1n) is 8.81. The lowest BCUT2D eigenvalue weighted by Crippen LogP contribution is -2.45. The summed E-state index contributed by atoms with van der Waals surface area (Å²) in [7, 11) is 0. The predicted octanol–water partition coefficient (Wildman–Crippen LogP) is 3.60. The number of aromatic nitrogens is 2. The number of H-pyrrole nitrogens is 1. The lowest BCUT2D eigenvalue weighted by molar-refractivity contribution is -0.118. The zero-order valence-corrected chi connectivity index (χ0v) is 15.7. The summed E-state index contributed by atoms with van der Waals surface area (Å²) in [4.78, 5) is 33.3. The van der Waals surface area contributed by atoms with Crippen LogP contribution in [0.3, 0.4) is 0 Å². The molecule has 3 aromatic heterocycles. The van der Waals surface area contributed by atoms with Crippen molar-refractivity contribution in [1.29, 1.82) is 0 Å². The zero-order valence-electron chi connectivity index (χ0n) is 14.9. The highest BCUT2D eigenvalue weighted by molar-refractivity contribution is 7.12. The van der Waals surface area contributed by atoms with E-state index in [1.807, 2.05) is 41.9 Å². The zero-order chi connectivity index (χ0) is 19.3. The summed E-state index contributed by atoms with van der Waals surface area (Å²) in [6.07, 6.45) is 5.46. The molecule has 0 saturated heterocycles. The predicted molar refractivity (Wildman–Crippen MR) is 110 cm³/mol. The first-order valence-corrected chi connectivity index (χ1v) is 9.69. The topological polar surface area (TPSA) is 86.9 Å². The summed E-state index contributed by atoms with van der Waals surface area (Å²) in [5.74, 6) is -0.552. The van der Waals surface area contributed by atoms with Crippen LogP contribution in [0.25, 0.3) is 10.9 Å². The summed E-state index contributed by atoms with van der Waals surface area (Å²) in [6.45, 7) is 0. The molecule has 2 amide bonds. The van der Waals surface area contributed by atoms with Gasteiger partial charge in [0.25, 0.3) is 5.91 Å². The van der Waals surface area contributed by atoms with E-state index in [0.717, 1.165) is 16.5 Å². The maximum Gasteiger partial charge on any atom is 0.262 e. The molecule has 4 rings (SSSR count). The normalized spacial score (nSPS) is 11.9. The third-order valence-corrected chi connectivity index (χ3v) is 5.26. The van der Waals surface area contributed by atoms with Gasteiger partial charge < -0.3 is 15.6 Å². The SMILES string of the molecule is O=C(N[C@H](Cc1c[nH]c2ccccc12)C(=O)Nc1cccnc1)c1cccs1. The molecule has 0 unspecified atom stereocenters. The number of rotatable bonds is 6. The second-order valence-corrected chi connectivity index (χ2v) is 7.25. The van der Waals surface area contributed by atoms with Gasteiger partial charge in [0.15, 0.2) is 0 Å². The van der Waals surface area contributed by atoms with Gasteiger partial charge in [0.1, 0.15) is 6.04 Å². The highest BCUT2D eigenvalue weighted by Crippen LogP contribution is 2.20. The number of nitrogens with zero attached hydrogens (tertiary/aromatic N) is 1. The fraction of sp³-hybridized carbons (Fsp3) is 0.0952. The number of carbonyl (C=O) groups is 2. The lowest BCUT2D eigenvalue weighted by atomic mass is 10.0. The van der Waals surface area contributed by atoms with Gasteiger partial charge in [-0.3, -0.25) is 14.6 Å². The lowest BCUT2D eigenvalue weighted by Gasteiger charge is -2.18. The Balaban J connectivity index is 1.58. The minimum absolute atomic E-state index is 0.263. The number of hydrogen-bond acceptors (Lipinski definition) is 4. The quantitative estimate of drug-likeness (QED) is 0.470. The molecule has 0 bridgehead atoms. The van der Waals surface area contributed by atoms with Crippen molar-refractivity contribution in [2.45, 2.75) is 12.5 Å². The van der Waals surface area contributed by atoms with Gasteiger partial charge in [0.2, 0.25) is 5.91 Å². The van der Waals surface area contributed by atoms with Gasteiger partial charge in [0.05, 0.1) is 16.8 Å². The summed E-state index contributed by atoms with van der Waals surface area (Å²) < 4.78 is 0. The molecule has 1 aromatic carbocycles. The van der Waals surface area contributed by atoms with E-state index in [-0.39, 0.29) is 11.8 Å². The van der Waals surface area contributed by atoms with Crippen molar-refractivity contribution in [3.63, 3.8) is 0 Å². The first kappa shape index (κ1) is 17.9.